The van der Waals surface area contributed by atoms with Gasteiger partial charge in [-0.25, -0.2) is 19.6 Å². The van der Waals surface area contributed by atoms with E-state index in [1.54, 1.807) is 16.0 Å². The lowest BCUT2D eigenvalue weighted by atomic mass is 10.0. The summed E-state index contributed by atoms with van der Waals surface area (Å²) >= 11 is 0. The van der Waals surface area contributed by atoms with Crippen molar-refractivity contribution in [1.82, 2.24) is 29.7 Å². The van der Waals surface area contributed by atoms with Gasteiger partial charge in [-0.05, 0) is 77.5 Å². The van der Waals surface area contributed by atoms with E-state index in [0.29, 0.717) is 30.2 Å². The molecule has 12 heteroatoms. The molecule has 1 aliphatic heterocycles. The number of aromatic amines is 2. The molecule has 5 rings (SSSR count). The molecule has 3 amide bonds. The van der Waals surface area contributed by atoms with Gasteiger partial charge in [0.2, 0.25) is 0 Å². The number of primary amides is 1. The quantitative estimate of drug-likeness (QED) is 0.151. The van der Waals surface area contributed by atoms with E-state index in [1.807, 2.05) is 97.0 Å². The van der Waals surface area contributed by atoms with E-state index in [2.05, 4.69) is 32.8 Å². The van der Waals surface area contributed by atoms with Crippen LogP contribution in [0.25, 0.3) is 33.6 Å². The number of nitrogens with one attached hydrogen (secondary N) is 2. The predicted molar refractivity (Wildman–Crippen MR) is 197 cm³/mol. The van der Waals surface area contributed by atoms with Gasteiger partial charge in [0.25, 0.3) is 5.91 Å². The minimum Gasteiger partial charge on any atom is -0.444 e. The van der Waals surface area contributed by atoms with Crippen LogP contribution in [-0.4, -0.2) is 72.1 Å². The lowest BCUT2D eigenvalue weighted by Gasteiger charge is -2.27. The first kappa shape index (κ1) is 38.2. The van der Waals surface area contributed by atoms with Gasteiger partial charge in [-0.1, -0.05) is 55.5 Å². The van der Waals surface area contributed by atoms with Crippen molar-refractivity contribution in [1.29, 1.82) is 0 Å². The van der Waals surface area contributed by atoms with Crippen LogP contribution >= 0.6 is 0 Å². The second kappa shape index (κ2) is 16.0. The van der Waals surface area contributed by atoms with Crippen LogP contribution in [0.1, 0.15) is 95.9 Å². The molecule has 0 aliphatic carbocycles. The molecule has 1 saturated heterocycles. The van der Waals surface area contributed by atoms with E-state index >= 15 is 0 Å². The molecule has 0 unspecified atom stereocenters. The number of terminal acetylenes is 1. The average molecular weight is 696 g/mol. The van der Waals surface area contributed by atoms with Crippen molar-refractivity contribution < 1.29 is 23.9 Å². The average Bonchev–Trinajstić information content (AvgIpc) is 3.84. The molecule has 1 fully saturated rings. The van der Waals surface area contributed by atoms with E-state index in [1.165, 1.54) is 0 Å². The number of aromatic nitrogens is 4. The van der Waals surface area contributed by atoms with Crippen molar-refractivity contribution in [3.63, 3.8) is 0 Å². The summed E-state index contributed by atoms with van der Waals surface area (Å²) in [6, 6.07) is 15.7. The Kier molecular flexibility index (Phi) is 12.0. The van der Waals surface area contributed by atoms with Crippen LogP contribution in [0.4, 0.5) is 9.59 Å². The zero-order valence-corrected chi connectivity index (χ0v) is 30.6. The fourth-order valence-corrected chi connectivity index (χ4v) is 5.80. The topological polar surface area (TPSA) is 160 Å². The first-order valence-corrected chi connectivity index (χ1v) is 17.1. The van der Waals surface area contributed by atoms with E-state index in [0.717, 1.165) is 47.5 Å². The summed E-state index contributed by atoms with van der Waals surface area (Å²) in [4.78, 5) is 57.0. The molecule has 2 aromatic heterocycles. The van der Waals surface area contributed by atoms with Crippen LogP contribution in [0.15, 0.2) is 54.7 Å². The number of nitrogens with zero attached hydrogens (tertiary/aromatic N) is 4. The number of H-pyrrole nitrogens is 2. The number of imidazole rings is 2. The monoisotopic (exact) mass is 695 g/mol. The zero-order chi connectivity index (χ0) is 37.5. The summed E-state index contributed by atoms with van der Waals surface area (Å²) in [5.41, 5.74) is 9.66. The highest BCUT2D eigenvalue weighted by molar-refractivity contribution is 5.97. The third-order valence-corrected chi connectivity index (χ3v) is 7.96. The summed E-state index contributed by atoms with van der Waals surface area (Å²) in [5.74, 6) is 0.549. The number of benzene rings is 2. The number of carbonyl (C=O) groups is 3. The Morgan fingerprint density at radius 1 is 0.902 bits per heavy atom. The molecule has 4 aromatic rings. The van der Waals surface area contributed by atoms with Gasteiger partial charge in [0, 0.05) is 18.7 Å². The maximum absolute atomic E-state index is 12.8. The highest BCUT2D eigenvalue weighted by Crippen LogP contribution is 2.33. The van der Waals surface area contributed by atoms with E-state index in [9.17, 15) is 14.4 Å². The SMILES string of the molecule is C#C.CCCN(Cc1nc(-c2ccc(-c3ccc(-c4cnc([C@@H]5CCCN5C(=O)OC(C)(C)C)[nH]4)cc3)cc2)c(C(N)=O)[nH]1)C(=O)OC(C)(C)C. The lowest BCUT2D eigenvalue weighted by molar-refractivity contribution is 0.0212. The van der Waals surface area contributed by atoms with Crippen molar-refractivity contribution in [2.75, 3.05) is 13.1 Å². The minimum absolute atomic E-state index is 0.147. The number of ether oxygens (including phenoxy) is 2. The van der Waals surface area contributed by atoms with Crippen LogP contribution < -0.4 is 5.73 Å². The van der Waals surface area contributed by atoms with Crippen molar-refractivity contribution in [2.24, 2.45) is 5.73 Å². The largest absolute Gasteiger partial charge is 0.444 e. The third kappa shape index (κ3) is 9.78. The summed E-state index contributed by atoms with van der Waals surface area (Å²) in [6.45, 7) is 14.3. The predicted octanol–water partition coefficient (Wildman–Crippen LogP) is 7.70. The number of amides is 3. The standard InChI is InChI=1S/C37H47N7O5.C2H2/c1-8-19-43(34(46)48-36(2,3)4)22-29-41-30(31(42-29)32(38)45)26-17-13-24(14-18-26)23-11-15-25(16-12-23)27-21-39-33(40-27)28-10-9-20-44(28)35(47)49-37(5,6)7;1-2/h11-18,21,28H,8-10,19-20,22H2,1-7H3,(H2,38,45)(H,39,40)(H,41,42);1-2H/t28-;/m0./s1. The van der Waals surface area contributed by atoms with Crippen LogP contribution in [0.3, 0.4) is 0 Å². The van der Waals surface area contributed by atoms with Crippen LogP contribution in [0.5, 0.6) is 0 Å². The zero-order valence-electron chi connectivity index (χ0n) is 30.6. The highest BCUT2D eigenvalue weighted by atomic mass is 16.6. The minimum atomic E-state index is -0.639. The molecule has 12 nitrogen and oxygen atoms in total. The van der Waals surface area contributed by atoms with Gasteiger partial charge in [-0.2, -0.15) is 0 Å². The molecular weight excluding hydrogens is 646 g/mol. The van der Waals surface area contributed by atoms with Gasteiger partial charge in [0.05, 0.1) is 24.5 Å². The molecule has 1 aliphatic rings. The molecule has 0 radical (unpaired) electrons. The van der Waals surface area contributed by atoms with E-state index in [4.69, 9.17) is 15.2 Å². The van der Waals surface area contributed by atoms with Crippen molar-refractivity contribution in [3.05, 3.63) is 72.1 Å². The fraction of sp³-hybridized carbons (Fsp3) is 0.410. The smallest absolute Gasteiger partial charge is 0.410 e. The van der Waals surface area contributed by atoms with Crippen LogP contribution in [0, 0.1) is 12.8 Å². The van der Waals surface area contributed by atoms with Crippen molar-refractivity contribution in [3.8, 4) is 46.5 Å². The van der Waals surface area contributed by atoms with Gasteiger partial charge in [-0.15, -0.1) is 12.8 Å². The maximum Gasteiger partial charge on any atom is 0.410 e. The Hall–Kier alpha value is -5.57. The van der Waals surface area contributed by atoms with Gasteiger partial charge in [0.1, 0.15) is 34.2 Å². The number of nitrogens with two attached hydrogens (primary N) is 1. The molecule has 0 bridgehead atoms. The Morgan fingerprint density at radius 2 is 1.47 bits per heavy atom. The normalized spacial score (nSPS) is 14.4. The molecule has 270 valence electrons. The molecule has 0 spiro atoms. The number of rotatable bonds is 9. The molecule has 51 heavy (non-hydrogen) atoms. The number of hydrogen-bond acceptors (Lipinski definition) is 7. The van der Waals surface area contributed by atoms with Gasteiger partial charge in [-0.3, -0.25) is 9.69 Å². The first-order chi connectivity index (χ1) is 24.1. The Bertz CT molecular complexity index is 1830. The van der Waals surface area contributed by atoms with E-state index in [-0.39, 0.29) is 24.4 Å². The van der Waals surface area contributed by atoms with Crippen LogP contribution in [0.2, 0.25) is 0 Å². The molecule has 2 aromatic carbocycles. The van der Waals surface area contributed by atoms with Crippen LogP contribution in [-0.2, 0) is 16.0 Å². The van der Waals surface area contributed by atoms with Gasteiger partial charge >= 0.3 is 12.2 Å². The first-order valence-electron chi connectivity index (χ1n) is 17.1. The third-order valence-electron chi connectivity index (χ3n) is 7.96. The Labute approximate surface area is 300 Å². The lowest BCUT2D eigenvalue weighted by Crippen LogP contribution is -2.37. The summed E-state index contributed by atoms with van der Waals surface area (Å²) in [6.07, 6.45) is 11.5. The number of hydrogen-bond donors (Lipinski definition) is 3. The van der Waals surface area contributed by atoms with E-state index < -0.39 is 23.2 Å². The maximum atomic E-state index is 12.8. The second-order valence-corrected chi connectivity index (χ2v) is 14.3. The van der Waals surface area contributed by atoms with Gasteiger partial charge < -0.3 is 30.1 Å². The fourth-order valence-electron chi connectivity index (χ4n) is 5.80. The summed E-state index contributed by atoms with van der Waals surface area (Å²) < 4.78 is 11.2. The number of carbonyl (C=O) groups excluding carboxylic acids is 3. The second-order valence-electron chi connectivity index (χ2n) is 14.3. The van der Waals surface area contributed by atoms with Crippen molar-refractivity contribution >= 4 is 18.1 Å². The number of likely N-dealkylation sites (tertiary alicyclic amines) is 1. The Balaban J connectivity index is 0.00000286. The summed E-state index contributed by atoms with van der Waals surface area (Å²) in [5, 5.41) is 0. The molecule has 4 N–H and O–H groups in total. The molecule has 1 atom stereocenters. The highest BCUT2D eigenvalue weighted by Gasteiger charge is 2.35. The summed E-state index contributed by atoms with van der Waals surface area (Å²) in [7, 11) is 0. The van der Waals surface area contributed by atoms with Gasteiger partial charge in [0.15, 0.2) is 0 Å². The molecule has 0 saturated carbocycles. The van der Waals surface area contributed by atoms with Crippen molar-refractivity contribution in [2.45, 2.75) is 91.5 Å². The Morgan fingerprint density at radius 3 is 2.02 bits per heavy atom. The molecule has 3 heterocycles. The molecular formula is C39H49N7O5.